The summed E-state index contributed by atoms with van der Waals surface area (Å²) in [6, 6.07) is 3.89. The number of hydrogen-bond acceptors (Lipinski definition) is 1. The monoisotopic (exact) mass is 293 g/mol. The Labute approximate surface area is 111 Å². The summed E-state index contributed by atoms with van der Waals surface area (Å²) in [4.78, 5) is 3.26. The van der Waals surface area contributed by atoms with E-state index >= 15 is 0 Å². The van der Waals surface area contributed by atoms with Crippen molar-refractivity contribution < 1.29 is 8.78 Å². The lowest BCUT2D eigenvalue weighted by molar-refractivity contribution is 0.563. The van der Waals surface area contributed by atoms with Gasteiger partial charge in [-0.1, -0.05) is 34.8 Å². The lowest BCUT2D eigenvalue weighted by Gasteiger charge is -2.09. The Morgan fingerprint density at radius 3 is 2.35 bits per heavy atom. The molecule has 0 saturated carbocycles. The molecule has 0 atom stereocenters. The van der Waals surface area contributed by atoms with E-state index in [9.17, 15) is 8.78 Å². The number of aromatic nitrogens is 1. The highest BCUT2D eigenvalue weighted by Crippen LogP contribution is 2.39. The molecule has 0 unspecified atom stereocenters. The molecule has 0 saturated heterocycles. The van der Waals surface area contributed by atoms with Gasteiger partial charge >= 0.3 is 0 Å². The van der Waals surface area contributed by atoms with Crippen LogP contribution in [0.3, 0.4) is 0 Å². The molecule has 0 aliphatic heterocycles. The highest BCUT2D eigenvalue weighted by atomic mass is 35.5. The molecule has 1 aromatic carbocycles. The molecule has 6 heteroatoms. The van der Waals surface area contributed by atoms with Crippen LogP contribution in [0.2, 0.25) is 15.1 Å². The average Bonchev–Trinajstić information content (AvgIpc) is 2.29. The standard InChI is InChI=1S/C11H4Cl3F2N/c12-7-1-2-8(13)10(14)9(7)6-3-5(15)4-17-11(6)16/h1-4H. The van der Waals surface area contributed by atoms with Crippen LogP contribution >= 0.6 is 34.8 Å². The maximum Gasteiger partial charge on any atom is 0.221 e. The molecule has 0 bridgehead atoms. The highest BCUT2D eigenvalue weighted by Gasteiger charge is 2.16. The molecule has 1 aromatic heterocycles. The number of benzene rings is 1. The highest BCUT2D eigenvalue weighted by molar-refractivity contribution is 6.46. The van der Waals surface area contributed by atoms with Gasteiger partial charge in [-0.2, -0.15) is 4.39 Å². The van der Waals surface area contributed by atoms with Crippen molar-refractivity contribution in [2.24, 2.45) is 0 Å². The summed E-state index contributed by atoms with van der Waals surface area (Å²) in [7, 11) is 0. The van der Waals surface area contributed by atoms with Crippen molar-refractivity contribution in [1.82, 2.24) is 4.98 Å². The second-order valence-corrected chi connectivity index (χ2v) is 4.40. The summed E-state index contributed by atoms with van der Waals surface area (Å²) in [5, 5.41) is 0.436. The Morgan fingerprint density at radius 1 is 1.00 bits per heavy atom. The van der Waals surface area contributed by atoms with Crippen LogP contribution in [0.25, 0.3) is 11.1 Å². The number of hydrogen-bond donors (Lipinski definition) is 0. The molecule has 2 aromatic rings. The Bertz CT molecular complexity index is 587. The lowest BCUT2D eigenvalue weighted by atomic mass is 10.1. The third-order valence-electron chi connectivity index (χ3n) is 2.12. The first-order chi connectivity index (χ1) is 8.00. The van der Waals surface area contributed by atoms with Gasteiger partial charge in [0.05, 0.1) is 21.3 Å². The van der Waals surface area contributed by atoms with E-state index < -0.39 is 11.8 Å². The van der Waals surface area contributed by atoms with Crippen LogP contribution in [0, 0.1) is 11.8 Å². The van der Waals surface area contributed by atoms with Crippen LogP contribution in [0.5, 0.6) is 0 Å². The van der Waals surface area contributed by atoms with Crippen LogP contribution in [0.1, 0.15) is 0 Å². The van der Waals surface area contributed by atoms with E-state index in [1.54, 1.807) is 0 Å². The summed E-state index contributed by atoms with van der Waals surface area (Å²) in [6.07, 6.45) is 0.769. The van der Waals surface area contributed by atoms with Gasteiger partial charge in [0.25, 0.3) is 0 Å². The molecule has 0 radical (unpaired) electrons. The van der Waals surface area contributed by atoms with E-state index in [0.717, 1.165) is 12.3 Å². The second kappa shape index (κ2) is 4.77. The first-order valence-electron chi connectivity index (χ1n) is 4.45. The van der Waals surface area contributed by atoms with Crippen molar-refractivity contribution in [2.75, 3.05) is 0 Å². The first-order valence-corrected chi connectivity index (χ1v) is 5.59. The van der Waals surface area contributed by atoms with Crippen molar-refractivity contribution in [3.63, 3.8) is 0 Å². The zero-order valence-corrected chi connectivity index (χ0v) is 10.4. The van der Waals surface area contributed by atoms with E-state index in [1.165, 1.54) is 12.1 Å². The molecule has 0 amide bonds. The third-order valence-corrected chi connectivity index (χ3v) is 3.24. The minimum absolute atomic E-state index is 0.0606. The molecule has 0 aliphatic carbocycles. The Morgan fingerprint density at radius 2 is 1.65 bits per heavy atom. The molecule has 1 nitrogen and oxygen atoms in total. The van der Waals surface area contributed by atoms with Crippen molar-refractivity contribution in [2.45, 2.75) is 0 Å². The maximum atomic E-state index is 13.5. The Kier molecular flexibility index (Phi) is 3.52. The predicted octanol–water partition coefficient (Wildman–Crippen LogP) is 4.99. The zero-order valence-electron chi connectivity index (χ0n) is 8.15. The van der Waals surface area contributed by atoms with Crippen LogP contribution in [-0.4, -0.2) is 4.98 Å². The number of rotatable bonds is 1. The van der Waals surface area contributed by atoms with Gasteiger partial charge in [0.15, 0.2) is 0 Å². The predicted molar refractivity (Wildman–Crippen MR) is 64.6 cm³/mol. The normalized spacial score (nSPS) is 10.6. The topological polar surface area (TPSA) is 12.9 Å². The summed E-state index contributed by atoms with van der Waals surface area (Å²) in [5.41, 5.74) is 0.00725. The van der Waals surface area contributed by atoms with Crippen LogP contribution in [-0.2, 0) is 0 Å². The van der Waals surface area contributed by atoms with Crippen LogP contribution in [0.15, 0.2) is 24.4 Å². The van der Waals surface area contributed by atoms with Gasteiger partial charge in [-0.15, -0.1) is 0 Å². The van der Waals surface area contributed by atoms with E-state index in [2.05, 4.69) is 4.98 Å². The van der Waals surface area contributed by atoms with Gasteiger partial charge < -0.3 is 0 Å². The summed E-state index contributed by atoms with van der Waals surface area (Å²) in [5.74, 6) is -1.55. The van der Waals surface area contributed by atoms with Gasteiger partial charge in [0.1, 0.15) is 5.82 Å². The maximum absolute atomic E-state index is 13.5. The Hall–Kier alpha value is -0.900. The number of nitrogens with zero attached hydrogens (tertiary/aromatic N) is 1. The molecule has 88 valence electrons. The fourth-order valence-corrected chi connectivity index (χ4v) is 2.10. The summed E-state index contributed by atoms with van der Waals surface area (Å²) >= 11 is 17.6. The minimum Gasteiger partial charge on any atom is -0.225 e. The molecular weight excluding hydrogens is 290 g/mol. The third kappa shape index (κ3) is 2.37. The molecule has 0 spiro atoms. The molecule has 0 fully saturated rings. The van der Waals surface area contributed by atoms with Crippen LogP contribution in [0.4, 0.5) is 8.78 Å². The zero-order chi connectivity index (χ0) is 12.6. The minimum atomic E-state index is -0.863. The fourth-order valence-electron chi connectivity index (χ4n) is 1.37. The largest absolute Gasteiger partial charge is 0.225 e. The summed E-state index contributed by atoms with van der Waals surface area (Å²) in [6.45, 7) is 0. The SMILES string of the molecule is Fc1cnc(F)c(-c2c(Cl)ccc(Cl)c2Cl)c1. The van der Waals surface area contributed by atoms with Gasteiger partial charge in [-0.3, -0.25) is 0 Å². The molecular formula is C11H4Cl3F2N. The average molecular weight is 295 g/mol. The first kappa shape index (κ1) is 12.6. The number of pyridine rings is 1. The second-order valence-electron chi connectivity index (χ2n) is 3.21. The summed E-state index contributed by atoms with van der Waals surface area (Å²) < 4.78 is 26.6. The van der Waals surface area contributed by atoms with Crippen molar-refractivity contribution >= 4 is 34.8 Å². The van der Waals surface area contributed by atoms with Gasteiger partial charge in [0, 0.05) is 11.1 Å². The van der Waals surface area contributed by atoms with Gasteiger partial charge in [-0.25, -0.2) is 9.37 Å². The molecule has 0 aliphatic rings. The molecule has 2 rings (SSSR count). The molecule has 17 heavy (non-hydrogen) atoms. The smallest absolute Gasteiger partial charge is 0.221 e. The van der Waals surface area contributed by atoms with E-state index in [-0.39, 0.29) is 26.2 Å². The fraction of sp³-hybridized carbons (Fsp3) is 0. The molecule has 0 N–H and O–H groups in total. The van der Waals surface area contributed by atoms with Crippen molar-refractivity contribution in [1.29, 1.82) is 0 Å². The van der Waals surface area contributed by atoms with Gasteiger partial charge in [-0.05, 0) is 18.2 Å². The quantitative estimate of drug-likeness (QED) is 0.533. The van der Waals surface area contributed by atoms with Crippen LogP contribution < -0.4 is 0 Å². The van der Waals surface area contributed by atoms with Crippen molar-refractivity contribution in [3.05, 3.63) is 51.2 Å². The van der Waals surface area contributed by atoms with Crippen molar-refractivity contribution in [3.8, 4) is 11.1 Å². The molecule has 1 heterocycles. The van der Waals surface area contributed by atoms with E-state index in [1.807, 2.05) is 0 Å². The number of halogens is 5. The van der Waals surface area contributed by atoms with E-state index in [0.29, 0.717) is 0 Å². The lowest BCUT2D eigenvalue weighted by Crippen LogP contribution is -1.92. The van der Waals surface area contributed by atoms with Gasteiger partial charge in [0.2, 0.25) is 5.95 Å². The van der Waals surface area contributed by atoms with E-state index in [4.69, 9.17) is 34.8 Å². The Balaban J connectivity index is 2.76.